The number of nitrogens with zero attached hydrogens (tertiary/aromatic N) is 3. The first kappa shape index (κ1) is 21.5. The van der Waals surface area contributed by atoms with Crippen LogP contribution in [0.4, 0.5) is 0 Å². The van der Waals surface area contributed by atoms with Crippen molar-refractivity contribution in [3.05, 3.63) is 64.2 Å². The van der Waals surface area contributed by atoms with Gasteiger partial charge in [-0.2, -0.15) is 9.78 Å². The molecule has 0 bridgehead atoms. The van der Waals surface area contributed by atoms with Gasteiger partial charge in [-0.3, -0.25) is 9.59 Å². The number of aromatic nitrogens is 2. The summed E-state index contributed by atoms with van der Waals surface area (Å²) in [4.78, 5) is 29.1. The third-order valence-corrected chi connectivity index (χ3v) is 5.63. The Hall–Kier alpha value is -3.68. The largest absolute Gasteiger partial charge is 0.493 e. The average molecular weight is 434 g/mol. The third-order valence-electron chi connectivity index (χ3n) is 5.63. The van der Waals surface area contributed by atoms with Crippen molar-refractivity contribution in [2.75, 3.05) is 13.7 Å². The molecule has 2 N–H and O–H groups in total. The van der Waals surface area contributed by atoms with Crippen LogP contribution in [0.1, 0.15) is 49.4 Å². The fourth-order valence-electron chi connectivity index (χ4n) is 4.03. The molecule has 0 unspecified atom stereocenters. The Balaban J connectivity index is 1.72. The number of carbonyl (C=O) groups excluding carboxylic acids is 1. The van der Waals surface area contributed by atoms with Gasteiger partial charge >= 0.3 is 0 Å². The molecule has 8 heteroatoms. The highest BCUT2D eigenvalue weighted by Gasteiger charge is 2.22. The third kappa shape index (κ3) is 4.64. The molecule has 0 radical (unpaired) electrons. The van der Waals surface area contributed by atoms with Crippen LogP contribution in [-0.4, -0.2) is 35.5 Å². The smallest absolute Gasteiger partial charge is 0.282 e. The van der Waals surface area contributed by atoms with Crippen molar-refractivity contribution in [1.29, 1.82) is 0 Å². The molecule has 8 nitrogen and oxygen atoms in total. The summed E-state index contributed by atoms with van der Waals surface area (Å²) in [6.45, 7) is -0.243. The lowest BCUT2D eigenvalue weighted by Gasteiger charge is -2.22. The van der Waals surface area contributed by atoms with E-state index in [1.54, 1.807) is 30.5 Å². The van der Waals surface area contributed by atoms with Gasteiger partial charge < -0.3 is 15.2 Å². The van der Waals surface area contributed by atoms with Gasteiger partial charge in [0.25, 0.3) is 11.5 Å². The molecule has 32 heavy (non-hydrogen) atoms. The number of benzene rings is 2. The molecular formula is C24H26N4O4. The zero-order valence-corrected chi connectivity index (χ0v) is 18.0. The van der Waals surface area contributed by atoms with Gasteiger partial charge in [0.05, 0.1) is 24.2 Å². The van der Waals surface area contributed by atoms with Crippen molar-refractivity contribution in [3.8, 4) is 11.5 Å². The molecule has 0 spiro atoms. The highest BCUT2D eigenvalue weighted by Crippen LogP contribution is 2.32. The topological polar surface area (TPSA) is 109 Å². The Morgan fingerprint density at radius 1 is 1.19 bits per heavy atom. The van der Waals surface area contributed by atoms with E-state index in [0.29, 0.717) is 33.8 Å². The van der Waals surface area contributed by atoms with Crippen molar-refractivity contribution in [2.24, 2.45) is 10.8 Å². The number of hydrogen-bond acceptors (Lipinski definition) is 6. The van der Waals surface area contributed by atoms with Crippen molar-refractivity contribution in [3.63, 3.8) is 0 Å². The fraction of sp³-hybridized carbons (Fsp3) is 0.333. The van der Waals surface area contributed by atoms with Gasteiger partial charge in [-0.25, -0.2) is 4.98 Å². The summed E-state index contributed by atoms with van der Waals surface area (Å²) in [5.74, 6) is 1.18. The fourth-order valence-corrected chi connectivity index (χ4v) is 4.03. The van der Waals surface area contributed by atoms with Crippen molar-refractivity contribution in [2.45, 2.75) is 38.0 Å². The molecule has 1 aromatic heterocycles. The van der Waals surface area contributed by atoms with Crippen LogP contribution in [0.3, 0.4) is 0 Å². The number of amides is 1. The Bertz CT molecular complexity index is 1210. The SMILES string of the molecule is COc1cc(C=Nn2c(C3CCCCC3)nc3ccccc3c2=O)ccc1OCC(N)=O. The summed E-state index contributed by atoms with van der Waals surface area (Å²) in [5, 5.41) is 5.07. The second-order valence-corrected chi connectivity index (χ2v) is 7.85. The van der Waals surface area contributed by atoms with Gasteiger partial charge in [-0.05, 0) is 48.7 Å². The molecule has 1 heterocycles. The van der Waals surface area contributed by atoms with Crippen LogP contribution >= 0.6 is 0 Å². The summed E-state index contributed by atoms with van der Waals surface area (Å²) in [6.07, 6.45) is 7.06. The highest BCUT2D eigenvalue weighted by atomic mass is 16.5. The average Bonchev–Trinajstić information content (AvgIpc) is 2.82. The first-order chi connectivity index (χ1) is 15.6. The van der Waals surface area contributed by atoms with Gasteiger partial charge in [0, 0.05) is 5.92 Å². The number of fused-ring (bicyclic) bond motifs is 1. The lowest BCUT2D eigenvalue weighted by Crippen LogP contribution is -2.25. The van der Waals surface area contributed by atoms with Crippen LogP contribution in [-0.2, 0) is 4.79 Å². The molecule has 0 aliphatic heterocycles. The van der Waals surface area contributed by atoms with Crippen LogP contribution in [0.5, 0.6) is 11.5 Å². The number of nitrogens with two attached hydrogens (primary N) is 1. The minimum atomic E-state index is -0.573. The predicted molar refractivity (Wildman–Crippen MR) is 123 cm³/mol. The number of hydrogen-bond donors (Lipinski definition) is 1. The lowest BCUT2D eigenvalue weighted by atomic mass is 9.88. The van der Waals surface area contributed by atoms with E-state index in [0.717, 1.165) is 25.7 Å². The zero-order chi connectivity index (χ0) is 22.5. The summed E-state index contributed by atoms with van der Waals surface area (Å²) >= 11 is 0. The maximum atomic E-state index is 13.3. The zero-order valence-electron chi connectivity index (χ0n) is 18.0. The monoisotopic (exact) mass is 434 g/mol. The highest BCUT2D eigenvalue weighted by molar-refractivity contribution is 5.82. The lowest BCUT2D eigenvalue weighted by molar-refractivity contribution is -0.119. The van der Waals surface area contributed by atoms with E-state index in [9.17, 15) is 9.59 Å². The molecule has 1 fully saturated rings. The number of methoxy groups -OCH3 is 1. The van der Waals surface area contributed by atoms with E-state index < -0.39 is 5.91 Å². The molecular weight excluding hydrogens is 408 g/mol. The van der Waals surface area contributed by atoms with Crippen LogP contribution in [0, 0.1) is 0 Å². The number of carbonyl (C=O) groups is 1. The second kappa shape index (κ2) is 9.64. The van der Waals surface area contributed by atoms with E-state index in [-0.39, 0.29) is 18.1 Å². The molecule has 2 aromatic carbocycles. The Labute approximate surface area is 185 Å². The Morgan fingerprint density at radius 2 is 1.97 bits per heavy atom. The maximum Gasteiger partial charge on any atom is 0.282 e. The van der Waals surface area contributed by atoms with E-state index in [1.807, 2.05) is 18.2 Å². The van der Waals surface area contributed by atoms with Crippen LogP contribution in [0.25, 0.3) is 10.9 Å². The standard InChI is InChI=1S/C24H26N4O4/c1-31-21-13-16(11-12-20(21)32-15-22(25)29)14-26-28-23(17-7-3-2-4-8-17)27-19-10-6-5-9-18(19)24(28)30/h5-6,9-14,17H,2-4,7-8,15H2,1H3,(H2,25,29). The summed E-state index contributed by atoms with van der Waals surface area (Å²) in [6, 6.07) is 12.5. The van der Waals surface area contributed by atoms with Crippen molar-refractivity contribution >= 4 is 23.0 Å². The maximum absolute atomic E-state index is 13.3. The molecule has 0 atom stereocenters. The van der Waals surface area contributed by atoms with Crippen molar-refractivity contribution < 1.29 is 14.3 Å². The minimum Gasteiger partial charge on any atom is -0.493 e. The van der Waals surface area contributed by atoms with E-state index in [4.69, 9.17) is 20.2 Å². The molecule has 1 aliphatic carbocycles. The first-order valence-corrected chi connectivity index (χ1v) is 10.7. The van der Waals surface area contributed by atoms with Crippen molar-refractivity contribution in [1.82, 2.24) is 9.66 Å². The van der Waals surface area contributed by atoms with Crippen LogP contribution in [0.15, 0.2) is 52.4 Å². The Morgan fingerprint density at radius 3 is 2.72 bits per heavy atom. The Kier molecular flexibility index (Phi) is 6.49. The normalized spacial score (nSPS) is 14.7. The van der Waals surface area contributed by atoms with Gasteiger partial charge in [-0.15, -0.1) is 0 Å². The predicted octanol–water partition coefficient (Wildman–Crippen LogP) is 3.20. The van der Waals surface area contributed by atoms with Gasteiger partial charge in [-0.1, -0.05) is 31.4 Å². The molecule has 4 rings (SSSR count). The summed E-state index contributed by atoms with van der Waals surface area (Å²) in [5.41, 5.74) is 6.37. The molecule has 1 aliphatic rings. The molecule has 3 aromatic rings. The van der Waals surface area contributed by atoms with Gasteiger partial charge in [0.1, 0.15) is 5.82 Å². The molecule has 1 saturated carbocycles. The molecule has 166 valence electrons. The van der Waals surface area contributed by atoms with Gasteiger partial charge in [0.2, 0.25) is 0 Å². The first-order valence-electron chi connectivity index (χ1n) is 10.7. The molecule has 0 saturated heterocycles. The molecule has 1 amide bonds. The quantitative estimate of drug-likeness (QED) is 0.575. The number of primary amides is 1. The summed E-state index contributed by atoms with van der Waals surface area (Å²) in [7, 11) is 1.51. The van der Waals surface area contributed by atoms with Crippen LogP contribution in [0.2, 0.25) is 0 Å². The number of rotatable bonds is 7. The van der Waals surface area contributed by atoms with Gasteiger partial charge in [0.15, 0.2) is 18.1 Å². The van der Waals surface area contributed by atoms with Crippen LogP contribution < -0.4 is 20.8 Å². The van der Waals surface area contributed by atoms with E-state index in [2.05, 4.69) is 5.10 Å². The minimum absolute atomic E-state index is 0.180. The summed E-state index contributed by atoms with van der Waals surface area (Å²) < 4.78 is 12.1. The number of ether oxygens (including phenoxy) is 2. The number of para-hydroxylation sites is 1. The van der Waals surface area contributed by atoms with E-state index in [1.165, 1.54) is 18.2 Å². The second-order valence-electron chi connectivity index (χ2n) is 7.85. The van der Waals surface area contributed by atoms with E-state index >= 15 is 0 Å².